The maximum absolute atomic E-state index is 11.8. The molecular formula is C12H13N5O. The third-order valence-electron chi connectivity index (χ3n) is 3.02. The maximum atomic E-state index is 11.8. The second kappa shape index (κ2) is 4.21. The van der Waals surface area contributed by atoms with Crippen LogP contribution in [0.5, 0.6) is 0 Å². The number of fused-ring (bicyclic) bond motifs is 1. The van der Waals surface area contributed by atoms with Gasteiger partial charge in [0.25, 0.3) is 0 Å². The topological polar surface area (TPSA) is 63.9 Å². The predicted molar refractivity (Wildman–Crippen MR) is 65.1 cm³/mol. The predicted octanol–water partition coefficient (Wildman–Crippen LogP) is 0.630. The van der Waals surface area contributed by atoms with E-state index in [-0.39, 0.29) is 5.78 Å². The van der Waals surface area contributed by atoms with E-state index in [1.165, 1.54) is 0 Å². The number of carbonyl (C=O) groups excluding carboxylic acids is 1. The van der Waals surface area contributed by atoms with Crippen LogP contribution < -0.4 is 5.01 Å². The maximum Gasteiger partial charge on any atom is 0.160 e. The minimum Gasteiger partial charge on any atom is -0.297 e. The van der Waals surface area contributed by atoms with E-state index in [4.69, 9.17) is 0 Å². The molecule has 0 amide bonds. The van der Waals surface area contributed by atoms with Gasteiger partial charge in [0, 0.05) is 6.20 Å². The second-order valence-corrected chi connectivity index (χ2v) is 4.21. The van der Waals surface area contributed by atoms with E-state index in [0.29, 0.717) is 13.0 Å². The fourth-order valence-corrected chi connectivity index (χ4v) is 2.15. The van der Waals surface area contributed by atoms with Gasteiger partial charge in [-0.3, -0.25) is 14.8 Å². The minimum atomic E-state index is 0.170. The molecule has 6 nitrogen and oxygen atoms in total. The third-order valence-corrected chi connectivity index (χ3v) is 3.02. The first kappa shape index (κ1) is 10.9. The molecule has 0 radical (unpaired) electrons. The summed E-state index contributed by atoms with van der Waals surface area (Å²) in [6, 6.07) is 3.74. The summed E-state index contributed by atoms with van der Waals surface area (Å²) in [4.78, 5) is 17.6. The number of hydrogen-bond acceptors (Lipinski definition) is 5. The molecule has 0 N–H and O–H groups in total. The molecule has 0 saturated carbocycles. The van der Waals surface area contributed by atoms with E-state index in [2.05, 4.69) is 15.3 Å². The first-order valence-electron chi connectivity index (χ1n) is 5.92. The first-order chi connectivity index (χ1) is 8.79. The Morgan fingerprint density at radius 2 is 2.33 bits per heavy atom. The molecule has 0 spiro atoms. The molecule has 0 aromatic carbocycles. The molecule has 6 heteroatoms. The van der Waals surface area contributed by atoms with Crippen LogP contribution in [-0.4, -0.2) is 32.4 Å². The molecule has 0 saturated heterocycles. The zero-order chi connectivity index (χ0) is 12.5. The van der Waals surface area contributed by atoms with Gasteiger partial charge in [0.1, 0.15) is 6.54 Å². The summed E-state index contributed by atoms with van der Waals surface area (Å²) in [6.45, 7) is 2.32. The normalized spacial score (nSPS) is 14.7. The van der Waals surface area contributed by atoms with Crippen molar-refractivity contribution in [2.75, 3.05) is 11.6 Å². The molecule has 3 rings (SSSR count). The van der Waals surface area contributed by atoms with E-state index in [9.17, 15) is 4.79 Å². The summed E-state index contributed by atoms with van der Waals surface area (Å²) >= 11 is 0. The van der Waals surface area contributed by atoms with Gasteiger partial charge in [-0.15, -0.1) is 5.10 Å². The van der Waals surface area contributed by atoms with Crippen molar-refractivity contribution in [3.63, 3.8) is 0 Å². The molecule has 0 unspecified atom stereocenters. The van der Waals surface area contributed by atoms with Crippen molar-refractivity contribution in [3.8, 4) is 0 Å². The molecule has 0 atom stereocenters. The molecule has 92 valence electrons. The largest absolute Gasteiger partial charge is 0.297 e. The van der Waals surface area contributed by atoms with Gasteiger partial charge in [-0.05, 0) is 23.8 Å². The van der Waals surface area contributed by atoms with Crippen LogP contribution in [0.3, 0.4) is 0 Å². The molecule has 1 aliphatic rings. The van der Waals surface area contributed by atoms with Crippen molar-refractivity contribution in [1.29, 1.82) is 0 Å². The smallest absolute Gasteiger partial charge is 0.160 e. The van der Waals surface area contributed by atoms with Crippen LogP contribution in [0.4, 0.5) is 5.69 Å². The van der Waals surface area contributed by atoms with Gasteiger partial charge < -0.3 is 0 Å². The number of ketones is 1. The summed E-state index contributed by atoms with van der Waals surface area (Å²) in [5.74, 6) is 0.170. The van der Waals surface area contributed by atoms with Crippen molar-refractivity contribution in [1.82, 2.24) is 20.1 Å². The van der Waals surface area contributed by atoms with Gasteiger partial charge in [0.05, 0.1) is 29.7 Å². The lowest BCUT2D eigenvalue weighted by molar-refractivity contribution is -0.118. The Bertz CT molecular complexity index is 577. The van der Waals surface area contributed by atoms with Gasteiger partial charge in [0.15, 0.2) is 5.78 Å². The Hall–Kier alpha value is -2.24. The van der Waals surface area contributed by atoms with Crippen LogP contribution in [0, 0.1) is 0 Å². The lowest BCUT2D eigenvalue weighted by atomic mass is 10.1. The Morgan fingerprint density at radius 1 is 1.44 bits per heavy atom. The second-order valence-electron chi connectivity index (χ2n) is 4.21. The number of hydrogen-bond donors (Lipinski definition) is 0. The number of carbonyl (C=O) groups is 1. The van der Waals surface area contributed by atoms with Crippen LogP contribution in [0.25, 0.3) is 0 Å². The Balaban J connectivity index is 2.08. The summed E-state index contributed by atoms with van der Waals surface area (Å²) in [7, 11) is 0. The van der Waals surface area contributed by atoms with E-state index in [1.807, 2.05) is 19.1 Å². The van der Waals surface area contributed by atoms with E-state index in [0.717, 1.165) is 23.5 Å². The van der Waals surface area contributed by atoms with E-state index >= 15 is 0 Å². The van der Waals surface area contributed by atoms with Crippen LogP contribution in [0.15, 0.2) is 24.5 Å². The molecule has 3 heterocycles. The van der Waals surface area contributed by atoms with Crippen molar-refractivity contribution in [2.24, 2.45) is 0 Å². The lowest BCUT2D eigenvalue weighted by Crippen LogP contribution is -2.42. The SMILES string of the molecule is CCc1nnn2c1CC(=O)CN2c1cccnc1. The summed E-state index contributed by atoms with van der Waals surface area (Å²) in [5, 5.41) is 10.1. The monoisotopic (exact) mass is 243 g/mol. The fourth-order valence-electron chi connectivity index (χ4n) is 2.15. The summed E-state index contributed by atoms with van der Waals surface area (Å²) in [6.07, 6.45) is 4.61. The minimum absolute atomic E-state index is 0.170. The Morgan fingerprint density at radius 3 is 3.06 bits per heavy atom. The standard InChI is InChI=1S/C12H13N5O/c1-2-11-12-6-10(18)8-16(17(12)15-14-11)9-4-3-5-13-7-9/h3-5,7H,2,6,8H2,1H3. The molecule has 0 fully saturated rings. The molecule has 18 heavy (non-hydrogen) atoms. The van der Waals surface area contributed by atoms with E-state index < -0.39 is 0 Å². The number of rotatable bonds is 2. The highest BCUT2D eigenvalue weighted by Gasteiger charge is 2.27. The summed E-state index contributed by atoms with van der Waals surface area (Å²) in [5.41, 5.74) is 2.62. The number of Topliss-reactive ketones (excluding diaryl/α,β-unsaturated/α-hetero) is 1. The molecule has 2 aromatic rings. The van der Waals surface area contributed by atoms with Crippen molar-refractivity contribution >= 4 is 11.5 Å². The Kier molecular flexibility index (Phi) is 2.55. The van der Waals surface area contributed by atoms with E-state index in [1.54, 1.807) is 22.2 Å². The van der Waals surface area contributed by atoms with Gasteiger partial charge in [-0.1, -0.05) is 6.92 Å². The first-order valence-corrected chi connectivity index (χ1v) is 5.92. The Labute approximate surface area is 104 Å². The number of nitrogens with zero attached hydrogens (tertiary/aromatic N) is 5. The zero-order valence-electron chi connectivity index (χ0n) is 10.1. The number of anilines is 1. The van der Waals surface area contributed by atoms with Crippen LogP contribution >= 0.6 is 0 Å². The highest BCUT2D eigenvalue weighted by atomic mass is 16.1. The molecule has 2 aromatic heterocycles. The quantitative estimate of drug-likeness (QED) is 0.774. The highest BCUT2D eigenvalue weighted by Crippen LogP contribution is 2.20. The van der Waals surface area contributed by atoms with Gasteiger partial charge in [-0.2, -0.15) is 4.79 Å². The van der Waals surface area contributed by atoms with Crippen LogP contribution in [0.2, 0.25) is 0 Å². The van der Waals surface area contributed by atoms with Gasteiger partial charge in [-0.25, -0.2) is 0 Å². The number of pyridine rings is 1. The summed E-state index contributed by atoms with van der Waals surface area (Å²) < 4.78 is 0. The zero-order valence-corrected chi connectivity index (χ0v) is 10.1. The molecular weight excluding hydrogens is 230 g/mol. The average molecular weight is 243 g/mol. The molecule has 0 bridgehead atoms. The lowest BCUT2D eigenvalue weighted by Gasteiger charge is -2.28. The van der Waals surface area contributed by atoms with Crippen LogP contribution in [-0.2, 0) is 17.6 Å². The number of aromatic nitrogens is 4. The third kappa shape index (κ3) is 1.66. The molecule has 0 aliphatic carbocycles. The van der Waals surface area contributed by atoms with Gasteiger partial charge in [0.2, 0.25) is 0 Å². The van der Waals surface area contributed by atoms with Gasteiger partial charge >= 0.3 is 0 Å². The van der Waals surface area contributed by atoms with Crippen molar-refractivity contribution < 1.29 is 4.79 Å². The highest BCUT2D eigenvalue weighted by molar-refractivity contribution is 5.86. The fraction of sp³-hybridized carbons (Fsp3) is 0.333. The molecule has 1 aliphatic heterocycles. The average Bonchev–Trinajstić information content (AvgIpc) is 2.81. The van der Waals surface area contributed by atoms with Crippen molar-refractivity contribution in [3.05, 3.63) is 35.9 Å². The van der Waals surface area contributed by atoms with Crippen LogP contribution in [0.1, 0.15) is 18.3 Å². The number of aryl methyl sites for hydroxylation is 1. The van der Waals surface area contributed by atoms with Crippen molar-refractivity contribution in [2.45, 2.75) is 19.8 Å².